The lowest BCUT2D eigenvalue weighted by Crippen LogP contribution is -2.64. The van der Waals surface area contributed by atoms with E-state index in [2.05, 4.69) is 33.8 Å². The molecule has 0 amide bonds. The number of hydrogen-bond donors (Lipinski definition) is 6. The Morgan fingerprint density at radius 2 is 1.61 bits per heavy atom. The van der Waals surface area contributed by atoms with Gasteiger partial charge in [-0.15, -0.1) is 0 Å². The van der Waals surface area contributed by atoms with Crippen LogP contribution in [0.1, 0.15) is 92.4 Å². The zero-order chi connectivity index (χ0) is 36.2. The summed E-state index contributed by atoms with van der Waals surface area (Å²) in [5, 5.41) is 62.9. The maximum absolute atomic E-state index is 11.1. The molecular formula is C39H62O12. The molecule has 51 heavy (non-hydrogen) atoms. The minimum atomic E-state index is -1.61. The first kappa shape index (κ1) is 37.2. The van der Waals surface area contributed by atoms with Gasteiger partial charge in [0.1, 0.15) is 42.7 Å². The second-order valence-corrected chi connectivity index (χ2v) is 18.3. The monoisotopic (exact) mass is 722 g/mol. The van der Waals surface area contributed by atoms with E-state index in [1.54, 1.807) is 0 Å². The third kappa shape index (κ3) is 5.84. The molecule has 290 valence electrons. The van der Waals surface area contributed by atoms with Crippen LogP contribution in [0.2, 0.25) is 0 Å². The SMILES string of the molecule is C[C@H]1CC[C@@]2(OC1)O[C@H]1C[C@H]3[C@@H]4CC=C5C[C@@H](O[C@@H]6O[C@H](CO)[C@@H](O)[C@H](O)[C@H]6O[C@@H]6O[C@@H](C)[C@H](O)[C@@H](O)[C@H]6O)CC[C@]5(C)[C@H]4CC[C@]3(C)[C@H]1[C@@H]2C. The second kappa shape index (κ2) is 13.5. The van der Waals surface area contributed by atoms with Crippen LogP contribution in [0.25, 0.3) is 0 Å². The van der Waals surface area contributed by atoms with E-state index in [9.17, 15) is 30.6 Å². The Bertz CT molecular complexity index is 1300. The van der Waals surface area contributed by atoms with Crippen molar-refractivity contribution in [3.8, 4) is 0 Å². The van der Waals surface area contributed by atoms with Crippen molar-refractivity contribution in [3.05, 3.63) is 11.6 Å². The van der Waals surface area contributed by atoms with E-state index in [1.165, 1.54) is 31.8 Å². The average molecular weight is 723 g/mol. The van der Waals surface area contributed by atoms with Crippen LogP contribution in [0, 0.1) is 46.3 Å². The topological polar surface area (TPSA) is 177 Å². The van der Waals surface area contributed by atoms with Gasteiger partial charge < -0.3 is 59.1 Å². The molecule has 4 aliphatic heterocycles. The lowest BCUT2D eigenvalue weighted by atomic mass is 9.47. The average Bonchev–Trinajstić information content (AvgIpc) is 3.56. The molecule has 12 heteroatoms. The van der Waals surface area contributed by atoms with Gasteiger partial charge in [-0.2, -0.15) is 0 Å². The summed E-state index contributed by atoms with van der Waals surface area (Å²) in [6, 6.07) is 0. The molecule has 1 spiro atoms. The van der Waals surface area contributed by atoms with E-state index in [0.29, 0.717) is 41.9 Å². The highest BCUT2D eigenvalue weighted by atomic mass is 16.8. The lowest BCUT2D eigenvalue weighted by Gasteiger charge is -2.58. The zero-order valence-corrected chi connectivity index (χ0v) is 30.9. The number of rotatable bonds is 5. The molecule has 0 aromatic carbocycles. The predicted octanol–water partition coefficient (Wildman–Crippen LogP) is 2.39. The zero-order valence-electron chi connectivity index (χ0n) is 30.9. The summed E-state index contributed by atoms with van der Waals surface area (Å²) in [6.07, 6.45) is -1.68. The van der Waals surface area contributed by atoms with E-state index in [0.717, 1.165) is 38.7 Å². The van der Waals surface area contributed by atoms with E-state index in [4.69, 9.17) is 28.4 Å². The van der Waals surface area contributed by atoms with Gasteiger partial charge in [0, 0.05) is 12.3 Å². The van der Waals surface area contributed by atoms with Crippen LogP contribution in [0.3, 0.4) is 0 Å². The van der Waals surface area contributed by atoms with Crippen molar-refractivity contribution in [2.24, 2.45) is 46.3 Å². The third-order valence-electron chi connectivity index (χ3n) is 15.6. The molecule has 12 nitrogen and oxygen atoms in total. The van der Waals surface area contributed by atoms with Gasteiger partial charge in [-0.25, -0.2) is 0 Å². The molecule has 0 aromatic heterocycles. The maximum atomic E-state index is 11.1. The maximum Gasteiger partial charge on any atom is 0.187 e. The number of allylic oxidation sites excluding steroid dienone is 1. The Morgan fingerprint density at radius 1 is 0.824 bits per heavy atom. The van der Waals surface area contributed by atoms with Crippen molar-refractivity contribution in [2.75, 3.05) is 13.2 Å². The number of fused-ring (bicyclic) bond motifs is 7. The number of aliphatic hydroxyl groups excluding tert-OH is 6. The van der Waals surface area contributed by atoms with E-state index >= 15 is 0 Å². The van der Waals surface area contributed by atoms with Crippen molar-refractivity contribution in [3.63, 3.8) is 0 Å². The van der Waals surface area contributed by atoms with E-state index in [-0.39, 0.29) is 23.0 Å². The van der Waals surface area contributed by atoms with E-state index < -0.39 is 73.8 Å². The summed E-state index contributed by atoms with van der Waals surface area (Å²) < 4.78 is 37.6. The van der Waals surface area contributed by atoms with Crippen molar-refractivity contribution in [1.82, 2.24) is 0 Å². The smallest absolute Gasteiger partial charge is 0.187 e. The molecule has 0 bridgehead atoms. The molecule has 0 radical (unpaired) electrons. The molecule has 21 atom stereocenters. The third-order valence-corrected chi connectivity index (χ3v) is 15.6. The molecular weight excluding hydrogens is 660 g/mol. The fraction of sp³-hybridized carbons (Fsp3) is 0.949. The van der Waals surface area contributed by atoms with Crippen LogP contribution >= 0.6 is 0 Å². The fourth-order valence-corrected chi connectivity index (χ4v) is 12.5. The first-order valence-electron chi connectivity index (χ1n) is 19.8. The number of hydrogen-bond acceptors (Lipinski definition) is 12. The first-order chi connectivity index (χ1) is 24.2. The van der Waals surface area contributed by atoms with Crippen molar-refractivity contribution < 1.29 is 59.1 Å². The Labute approximate surface area is 301 Å². The van der Waals surface area contributed by atoms with Crippen molar-refractivity contribution >= 4 is 0 Å². The highest BCUT2D eigenvalue weighted by molar-refractivity contribution is 5.26. The van der Waals surface area contributed by atoms with Crippen LogP contribution in [0.4, 0.5) is 0 Å². The second-order valence-electron chi connectivity index (χ2n) is 18.3. The summed E-state index contributed by atoms with van der Waals surface area (Å²) in [5.74, 6) is 2.92. The molecule has 0 aromatic rings. The van der Waals surface area contributed by atoms with Crippen LogP contribution in [-0.4, -0.2) is 123 Å². The van der Waals surface area contributed by atoms with E-state index in [1.807, 2.05) is 0 Å². The highest BCUT2D eigenvalue weighted by Crippen LogP contribution is 2.70. The molecule has 0 unspecified atom stereocenters. The van der Waals surface area contributed by atoms with Gasteiger partial charge in [0.2, 0.25) is 0 Å². The summed E-state index contributed by atoms with van der Waals surface area (Å²) in [7, 11) is 0. The molecule has 6 N–H and O–H groups in total. The predicted molar refractivity (Wildman–Crippen MR) is 182 cm³/mol. The van der Waals surface area contributed by atoms with Crippen LogP contribution < -0.4 is 0 Å². The Kier molecular flexibility index (Phi) is 9.83. The summed E-state index contributed by atoms with van der Waals surface area (Å²) in [6.45, 7) is 11.5. The molecule has 4 saturated heterocycles. The summed E-state index contributed by atoms with van der Waals surface area (Å²) >= 11 is 0. The molecule has 4 heterocycles. The normalized spacial score (nSPS) is 58.4. The molecule has 3 saturated carbocycles. The largest absolute Gasteiger partial charge is 0.394 e. The van der Waals surface area contributed by atoms with Crippen LogP contribution in [-0.2, 0) is 28.4 Å². The van der Waals surface area contributed by atoms with Gasteiger partial charge in [0.25, 0.3) is 0 Å². The Hall–Kier alpha value is -0.740. The van der Waals surface area contributed by atoms with Gasteiger partial charge in [0.05, 0.1) is 31.5 Å². The fourth-order valence-electron chi connectivity index (χ4n) is 12.5. The van der Waals surface area contributed by atoms with Crippen molar-refractivity contribution in [2.45, 2.75) is 172 Å². The summed E-state index contributed by atoms with van der Waals surface area (Å²) in [4.78, 5) is 0. The standard InChI is InChI=1S/C39H62O12/c1-18-8-13-39(46-17-18)19(2)28-26(51-39)15-25-23-7-6-21-14-22(9-11-37(21,4)24(23)10-12-38(25,28)5)48-36-34(32(44)30(42)27(16-40)49-36)50-35-33(45)31(43)29(41)20(3)47-35/h6,18-20,22-36,40-45H,7-17H2,1-5H3/t18-,19-,20-,22-,23+,24-,25-,26-,27+,28-,29-,30+,31+,32-,33+,34+,35-,36+,37-,38-,39+/m0/s1. The van der Waals surface area contributed by atoms with Gasteiger partial charge in [-0.05, 0) is 98.7 Å². The number of aliphatic hydroxyl groups is 6. The van der Waals surface area contributed by atoms with Crippen LogP contribution in [0.15, 0.2) is 11.6 Å². The van der Waals surface area contributed by atoms with Gasteiger partial charge in [-0.1, -0.05) is 39.3 Å². The Balaban J connectivity index is 0.964. The minimum absolute atomic E-state index is 0.0535. The van der Waals surface area contributed by atoms with Gasteiger partial charge in [-0.3, -0.25) is 0 Å². The minimum Gasteiger partial charge on any atom is -0.394 e. The quantitative estimate of drug-likeness (QED) is 0.229. The Morgan fingerprint density at radius 3 is 2.33 bits per heavy atom. The van der Waals surface area contributed by atoms with Gasteiger partial charge in [0.15, 0.2) is 18.4 Å². The first-order valence-corrected chi connectivity index (χ1v) is 19.8. The molecule has 8 aliphatic rings. The highest BCUT2D eigenvalue weighted by Gasteiger charge is 2.68. The van der Waals surface area contributed by atoms with Gasteiger partial charge >= 0.3 is 0 Å². The number of ether oxygens (including phenoxy) is 6. The summed E-state index contributed by atoms with van der Waals surface area (Å²) in [5.41, 5.74) is 1.70. The molecule has 8 rings (SSSR count). The lowest BCUT2D eigenvalue weighted by molar-refractivity contribution is -0.369. The molecule has 7 fully saturated rings. The molecule has 4 aliphatic carbocycles. The van der Waals surface area contributed by atoms with Crippen molar-refractivity contribution in [1.29, 1.82) is 0 Å². The van der Waals surface area contributed by atoms with Crippen LogP contribution in [0.5, 0.6) is 0 Å².